The zero-order valence-electron chi connectivity index (χ0n) is 10.9. The molecule has 0 amide bonds. The second-order valence-corrected chi connectivity index (χ2v) is 4.31. The maximum absolute atomic E-state index is 14.0. The number of Topliss-reactive ketones (excluding diaryl/α,β-unsaturated/α-hetero) is 1. The minimum Gasteiger partial charge on any atom is -0.378 e. The minimum atomic E-state index is -0.319. The highest BCUT2D eigenvalue weighted by Gasteiger charge is 2.15. The van der Waals surface area contributed by atoms with Crippen LogP contribution in [0.3, 0.4) is 0 Å². The molecule has 0 N–H and O–H groups in total. The van der Waals surface area contributed by atoms with E-state index in [4.69, 9.17) is 4.74 Å². The summed E-state index contributed by atoms with van der Waals surface area (Å²) in [7, 11) is 0. The van der Waals surface area contributed by atoms with Gasteiger partial charge < -0.3 is 9.64 Å². The van der Waals surface area contributed by atoms with Crippen molar-refractivity contribution in [1.82, 2.24) is 0 Å². The maximum atomic E-state index is 14.0. The molecule has 0 atom stereocenters. The molecule has 0 radical (unpaired) electrons. The lowest BCUT2D eigenvalue weighted by atomic mass is 10.2. The number of hydrogen-bond acceptors (Lipinski definition) is 4. The van der Waals surface area contributed by atoms with Gasteiger partial charge in [0.2, 0.25) is 0 Å². The molecular formula is C14H17FN2O2. The van der Waals surface area contributed by atoms with Gasteiger partial charge in [-0.1, -0.05) is 6.92 Å². The normalized spacial score (nSPS) is 16.0. The van der Waals surface area contributed by atoms with Crippen LogP contribution in [0.5, 0.6) is 0 Å². The van der Waals surface area contributed by atoms with Crippen LogP contribution in [-0.4, -0.2) is 38.3 Å². The topological polar surface area (TPSA) is 41.9 Å². The highest BCUT2D eigenvalue weighted by atomic mass is 19.1. The third kappa shape index (κ3) is 3.61. The van der Waals surface area contributed by atoms with Gasteiger partial charge in [-0.05, 0) is 12.1 Å². The lowest BCUT2D eigenvalue weighted by molar-refractivity contribution is -0.112. The Morgan fingerprint density at radius 3 is 2.84 bits per heavy atom. The fraction of sp³-hybridized carbons (Fsp3) is 0.429. The van der Waals surface area contributed by atoms with E-state index < -0.39 is 0 Å². The van der Waals surface area contributed by atoms with Gasteiger partial charge in [0, 0.05) is 25.6 Å². The zero-order chi connectivity index (χ0) is 13.7. The zero-order valence-corrected chi connectivity index (χ0v) is 10.9. The van der Waals surface area contributed by atoms with Crippen LogP contribution in [0.4, 0.5) is 15.8 Å². The summed E-state index contributed by atoms with van der Waals surface area (Å²) < 4.78 is 19.2. The Morgan fingerprint density at radius 1 is 1.47 bits per heavy atom. The maximum Gasteiger partial charge on any atom is 0.173 e. The number of hydrogen-bond donors (Lipinski definition) is 0. The lowest BCUT2D eigenvalue weighted by Crippen LogP contribution is -2.36. The number of nitrogens with zero attached hydrogens (tertiary/aromatic N) is 2. The molecule has 0 saturated carbocycles. The van der Waals surface area contributed by atoms with E-state index in [0.29, 0.717) is 44.1 Å². The van der Waals surface area contributed by atoms with Gasteiger partial charge >= 0.3 is 0 Å². The Balaban J connectivity index is 2.12. The van der Waals surface area contributed by atoms with Crippen molar-refractivity contribution in [2.45, 2.75) is 13.3 Å². The van der Waals surface area contributed by atoms with Gasteiger partial charge in [0.05, 0.1) is 30.8 Å². The first kappa shape index (κ1) is 13.7. The molecule has 0 spiro atoms. The molecule has 1 aliphatic rings. The van der Waals surface area contributed by atoms with E-state index in [9.17, 15) is 9.18 Å². The molecule has 19 heavy (non-hydrogen) atoms. The first-order chi connectivity index (χ1) is 9.20. The number of halogens is 1. The van der Waals surface area contributed by atoms with Gasteiger partial charge in [0.25, 0.3) is 0 Å². The molecule has 1 aliphatic heterocycles. The van der Waals surface area contributed by atoms with Gasteiger partial charge in [-0.25, -0.2) is 4.39 Å². The third-order valence-corrected chi connectivity index (χ3v) is 2.99. The highest BCUT2D eigenvalue weighted by Crippen LogP contribution is 2.24. The molecule has 1 aromatic rings. The van der Waals surface area contributed by atoms with Gasteiger partial charge in [0.1, 0.15) is 5.82 Å². The average molecular weight is 264 g/mol. The average Bonchev–Trinajstić information content (AvgIpc) is 2.45. The third-order valence-electron chi connectivity index (χ3n) is 2.99. The molecule has 0 aromatic heterocycles. The molecule has 2 rings (SSSR count). The van der Waals surface area contributed by atoms with Crippen molar-refractivity contribution < 1.29 is 13.9 Å². The van der Waals surface area contributed by atoms with Gasteiger partial charge in [-0.2, -0.15) is 0 Å². The standard InChI is InChI=1S/C14H17FN2O2/c1-2-12(18)10-16-11-3-4-14(13(15)9-11)17-5-7-19-8-6-17/h3-4,9-10H,2,5-8H2,1H3. The van der Waals surface area contributed by atoms with E-state index in [0.717, 1.165) is 0 Å². The van der Waals surface area contributed by atoms with E-state index in [1.165, 1.54) is 12.3 Å². The van der Waals surface area contributed by atoms with Crippen LogP contribution >= 0.6 is 0 Å². The minimum absolute atomic E-state index is 0.0716. The van der Waals surface area contributed by atoms with E-state index in [1.54, 1.807) is 19.1 Å². The second kappa shape index (κ2) is 6.43. The number of benzene rings is 1. The van der Waals surface area contributed by atoms with Gasteiger partial charge in [0.15, 0.2) is 5.78 Å². The number of rotatable bonds is 4. The van der Waals surface area contributed by atoms with Crippen molar-refractivity contribution in [3.63, 3.8) is 0 Å². The van der Waals surface area contributed by atoms with Crippen LogP contribution in [0.1, 0.15) is 13.3 Å². The number of anilines is 1. The summed E-state index contributed by atoms with van der Waals surface area (Å²) in [5.41, 5.74) is 1.01. The fourth-order valence-corrected chi connectivity index (χ4v) is 1.87. The van der Waals surface area contributed by atoms with Crippen molar-refractivity contribution in [3.05, 3.63) is 24.0 Å². The Morgan fingerprint density at radius 2 is 2.21 bits per heavy atom. The molecule has 5 heteroatoms. The van der Waals surface area contributed by atoms with E-state index in [2.05, 4.69) is 4.99 Å². The number of aliphatic imine (C=N–C) groups is 1. The fourth-order valence-electron chi connectivity index (χ4n) is 1.87. The van der Waals surface area contributed by atoms with Crippen molar-refractivity contribution >= 4 is 23.4 Å². The predicted molar refractivity (Wildman–Crippen MR) is 72.9 cm³/mol. The molecule has 1 heterocycles. The van der Waals surface area contributed by atoms with Crippen LogP contribution < -0.4 is 4.90 Å². The van der Waals surface area contributed by atoms with Crippen LogP contribution in [0, 0.1) is 5.82 Å². The smallest absolute Gasteiger partial charge is 0.173 e. The summed E-state index contributed by atoms with van der Waals surface area (Å²) in [6.45, 7) is 4.37. The molecular weight excluding hydrogens is 247 g/mol. The molecule has 1 saturated heterocycles. The van der Waals surface area contributed by atoms with Crippen LogP contribution in [0.25, 0.3) is 0 Å². The SMILES string of the molecule is CCC(=O)C=Nc1ccc(N2CCOCC2)c(F)c1. The first-order valence-electron chi connectivity index (χ1n) is 6.40. The Bertz CT molecular complexity index is 482. The Kier molecular flexibility index (Phi) is 4.63. The molecule has 1 fully saturated rings. The Labute approximate surface area is 111 Å². The summed E-state index contributed by atoms with van der Waals surface area (Å²) in [4.78, 5) is 17.0. The van der Waals surface area contributed by atoms with E-state index in [-0.39, 0.29) is 11.6 Å². The Hall–Kier alpha value is -1.75. The molecule has 0 aliphatic carbocycles. The van der Waals surface area contributed by atoms with E-state index >= 15 is 0 Å². The quantitative estimate of drug-likeness (QED) is 0.784. The summed E-state index contributed by atoms with van der Waals surface area (Å²) in [6.07, 6.45) is 1.64. The molecule has 102 valence electrons. The summed E-state index contributed by atoms with van der Waals surface area (Å²) >= 11 is 0. The van der Waals surface area contributed by atoms with Crippen molar-refractivity contribution in [3.8, 4) is 0 Å². The number of morpholine rings is 1. The van der Waals surface area contributed by atoms with Crippen molar-refractivity contribution in [2.24, 2.45) is 4.99 Å². The van der Waals surface area contributed by atoms with Crippen LogP contribution in [0.15, 0.2) is 23.2 Å². The lowest BCUT2D eigenvalue weighted by Gasteiger charge is -2.29. The number of ketones is 1. The van der Waals surface area contributed by atoms with Crippen LogP contribution in [0.2, 0.25) is 0 Å². The number of carbonyl (C=O) groups excluding carboxylic acids is 1. The monoisotopic (exact) mass is 264 g/mol. The largest absolute Gasteiger partial charge is 0.378 e. The van der Waals surface area contributed by atoms with Crippen molar-refractivity contribution in [1.29, 1.82) is 0 Å². The predicted octanol–water partition coefficient (Wildman–Crippen LogP) is 2.34. The van der Waals surface area contributed by atoms with Gasteiger partial charge in [-0.3, -0.25) is 9.79 Å². The number of carbonyl (C=O) groups is 1. The molecule has 0 bridgehead atoms. The molecule has 0 unspecified atom stereocenters. The summed E-state index contributed by atoms with van der Waals surface area (Å²) in [6, 6.07) is 4.77. The summed E-state index contributed by atoms with van der Waals surface area (Å²) in [5.74, 6) is -0.391. The van der Waals surface area contributed by atoms with Gasteiger partial charge in [-0.15, -0.1) is 0 Å². The number of ether oxygens (including phenoxy) is 1. The van der Waals surface area contributed by atoms with E-state index in [1.807, 2.05) is 4.90 Å². The molecule has 1 aromatic carbocycles. The summed E-state index contributed by atoms with van der Waals surface area (Å²) in [5, 5.41) is 0. The second-order valence-electron chi connectivity index (χ2n) is 4.31. The van der Waals surface area contributed by atoms with Crippen LogP contribution in [-0.2, 0) is 9.53 Å². The van der Waals surface area contributed by atoms with Crippen molar-refractivity contribution in [2.75, 3.05) is 31.2 Å². The first-order valence-corrected chi connectivity index (χ1v) is 6.40. The molecule has 4 nitrogen and oxygen atoms in total. The highest BCUT2D eigenvalue weighted by molar-refractivity contribution is 6.27.